The Labute approximate surface area is 184 Å². The monoisotopic (exact) mass is 459 g/mol. The first kappa shape index (κ1) is 23.7. The van der Waals surface area contributed by atoms with Crippen LogP contribution in [0, 0.1) is 0 Å². The molecule has 2 aliphatic rings. The number of pyridine rings is 1. The van der Waals surface area contributed by atoms with Gasteiger partial charge in [-0.05, 0) is 31.7 Å². The summed E-state index contributed by atoms with van der Waals surface area (Å²) in [7, 11) is 0. The van der Waals surface area contributed by atoms with Crippen molar-refractivity contribution in [2.45, 2.75) is 71.5 Å². The van der Waals surface area contributed by atoms with Gasteiger partial charge in [-0.15, -0.1) is 23.5 Å². The lowest BCUT2D eigenvalue weighted by molar-refractivity contribution is -0.211. The van der Waals surface area contributed by atoms with E-state index in [-0.39, 0.29) is 11.2 Å². The molecule has 0 aliphatic carbocycles. The van der Waals surface area contributed by atoms with Gasteiger partial charge in [-0.2, -0.15) is 0 Å². The molecular weight excluding hydrogens is 430 g/mol. The summed E-state index contributed by atoms with van der Waals surface area (Å²) in [5, 5.41) is 47.0. The number of hydrogen-bond donors (Lipinski definition) is 6. The van der Waals surface area contributed by atoms with Crippen LogP contribution in [-0.4, -0.2) is 97.4 Å². The van der Waals surface area contributed by atoms with Crippen LogP contribution in [0.5, 0.6) is 0 Å². The molecule has 3 heterocycles. The Morgan fingerprint density at radius 1 is 1.27 bits per heavy atom. The van der Waals surface area contributed by atoms with E-state index in [4.69, 9.17) is 4.74 Å². The molecule has 1 aromatic heterocycles. The number of nitrogens with zero attached hydrogens (tertiary/aromatic N) is 1. The van der Waals surface area contributed by atoms with Crippen LogP contribution in [0.25, 0.3) is 0 Å². The number of aromatic nitrogens is 1. The van der Waals surface area contributed by atoms with Gasteiger partial charge in [0, 0.05) is 29.1 Å². The second kappa shape index (κ2) is 10.6. The SMILES string of the molecule is CSC1OC(C(NC(=O)C2CC(Sc3ccncc3)CN2)C(C)O)C(O)C(O)C1O. The molecule has 11 heteroatoms. The average molecular weight is 460 g/mol. The topological polar surface area (TPSA) is 144 Å². The molecular formula is C19H29N3O6S2. The van der Waals surface area contributed by atoms with Crippen molar-refractivity contribution in [3.63, 3.8) is 0 Å². The first-order chi connectivity index (χ1) is 14.3. The fourth-order valence-electron chi connectivity index (χ4n) is 3.71. The van der Waals surface area contributed by atoms with Gasteiger partial charge in [0.25, 0.3) is 0 Å². The van der Waals surface area contributed by atoms with Crippen LogP contribution in [0.15, 0.2) is 29.4 Å². The van der Waals surface area contributed by atoms with Crippen molar-refractivity contribution in [1.82, 2.24) is 15.6 Å². The highest BCUT2D eigenvalue weighted by Gasteiger charge is 2.48. The standard InChI is InChI=1S/C19H29N3O6S2/c1-9(23)13(17-15(25)14(24)16(26)19(28-17)29-2)22-18(27)12-7-11(8-21-12)30-10-3-5-20-6-4-10/h3-6,9,11-17,19,21,23-26H,7-8H2,1-2H3,(H,22,27). The molecule has 0 bridgehead atoms. The van der Waals surface area contributed by atoms with E-state index in [1.54, 1.807) is 30.4 Å². The molecule has 6 N–H and O–H groups in total. The molecule has 2 fully saturated rings. The fourth-order valence-corrected chi connectivity index (χ4v) is 5.52. The second-order valence-corrected chi connectivity index (χ2v) is 9.88. The molecule has 9 nitrogen and oxygen atoms in total. The van der Waals surface area contributed by atoms with Crippen molar-refractivity contribution in [1.29, 1.82) is 0 Å². The Bertz CT molecular complexity index is 698. The summed E-state index contributed by atoms with van der Waals surface area (Å²) in [6.45, 7) is 2.14. The van der Waals surface area contributed by atoms with Crippen LogP contribution < -0.4 is 10.6 Å². The third-order valence-corrected chi connectivity index (χ3v) is 7.47. The van der Waals surface area contributed by atoms with Crippen molar-refractivity contribution >= 4 is 29.4 Å². The minimum absolute atomic E-state index is 0.211. The largest absolute Gasteiger partial charge is 0.391 e. The van der Waals surface area contributed by atoms with Crippen molar-refractivity contribution in [3.8, 4) is 0 Å². The maximum absolute atomic E-state index is 12.8. The van der Waals surface area contributed by atoms with Gasteiger partial charge in [-0.25, -0.2) is 0 Å². The van der Waals surface area contributed by atoms with E-state index in [0.717, 1.165) is 4.90 Å². The minimum atomic E-state index is -1.45. The third kappa shape index (κ3) is 5.46. The summed E-state index contributed by atoms with van der Waals surface area (Å²) >= 11 is 2.85. The van der Waals surface area contributed by atoms with Crippen LogP contribution in [0.4, 0.5) is 0 Å². The Kier molecular flexibility index (Phi) is 8.39. The lowest BCUT2D eigenvalue weighted by Gasteiger charge is -2.44. The zero-order chi connectivity index (χ0) is 21.8. The fraction of sp³-hybridized carbons (Fsp3) is 0.684. The summed E-state index contributed by atoms with van der Waals surface area (Å²) in [6, 6.07) is 2.45. The Morgan fingerprint density at radius 3 is 2.60 bits per heavy atom. The lowest BCUT2D eigenvalue weighted by Crippen LogP contribution is -2.65. The number of carbonyl (C=O) groups excluding carboxylic acids is 1. The van der Waals surface area contributed by atoms with E-state index in [1.807, 2.05) is 12.1 Å². The molecule has 1 amide bonds. The Hall–Kier alpha value is -0.920. The highest BCUT2D eigenvalue weighted by Crippen LogP contribution is 2.31. The smallest absolute Gasteiger partial charge is 0.237 e. The predicted octanol–water partition coefficient (Wildman–Crippen LogP) is -1.06. The van der Waals surface area contributed by atoms with E-state index in [2.05, 4.69) is 15.6 Å². The number of rotatable bonds is 7. The molecule has 0 aromatic carbocycles. The number of aliphatic hydroxyl groups excluding tert-OH is 4. The highest BCUT2D eigenvalue weighted by molar-refractivity contribution is 8.00. The molecule has 30 heavy (non-hydrogen) atoms. The molecule has 168 valence electrons. The van der Waals surface area contributed by atoms with Crippen molar-refractivity contribution in [2.24, 2.45) is 0 Å². The molecule has 1 aromatic rings. The maximum Gasteiger partial charge on any atom is 0.237 e. The molecule has 0 spiro atoms. The summed E-state index contributed by atoms with van der Waals surface area (Å²) in [5.74, 6) is -0.309. The van der Waals surface area contributed by atoms with Crippen LogP contribution in [-0.2, 0) is 9.53 Å². The number of thioether (sulfide) groups is 2. The quantitative estimate of drug-likeness (QED) is 0.298. The number of aliphatic hydroxyl groups is 4. The molecule has 3 rings (SSSR count). The van der Waals surface area contributed by atoms with Crippen LogP contribution >= 0.6 is 23.5 Å². The van der Waals surface area contributed by atoms with Gasteiger partial charge in [-0.1, -0.05) is 0 Å². The first-order valence-corrected chi connectivity index (χ1v) is 12.0. The number of ether oxygens (including phenoxy) is 1. The van der Waals surface area contributed by atoms with Crippen molar-refractivity contribution in [2.75, 3.05) is 12.8 Å². The van der Waals surface area contributed by atoms with Crippen LogP contribution in [0.2, 0.25) is 0 Å². The third-order valence-electron chi connectivity index (χ3n) is 5.38. The van der Waals surface area contributed by atoms with Gasteiger partial charge in [0.15, 0.2) is 0 Å². The van der Waals surface area contributed by atoms with Gasteiger partial charge in [0.2, 0.25) is 5.91 Å². The summed E-state index contributed by atoms with van der Waals surface area (Å²) < 4.78 is 5.72. The number of carbonyl (C=O) groups is 1. The maximum atomic E-state index is 12.8. The van der Waals surface area contributed by atoms with Crippen molar-refractivity contribution < 1.29 is 30.0 Å². The van der Waals surface area contributed by atoms with Gasteiger partial charge in [0.05, 0.1) is 18.2 Å². The summed E-state index contributed by atoms with van der Waals surface area (Å²) in [6.07, 6.45) is -0.493. The zero-order valence-electron chi connectivity index (χ0n) is 16.8. The summed E-state index contributed by atoms with van der Waals surface area (Å²) in [4.78, 5) is 17.9. The summed E-state index contributed by atoms with van der Waals surface area (Å²) in [5.41, 5.74) is -0.780. The average Bonchev–Trinajstić information content (AvgIpc) is 3.20. The molecule has 9 unspecified atom stereocenters. The molecule has 2 aliphatic heterocycles. The van der Waals surface area contributed by atoms with Crippen LogP contribution in [0.3, 0.4) is 0 Å². The normalized spacial score (nSPS) is 36.3. The second-order valence-electron chi connectivity index (χ2n) is 7.57. The number of amides is 1. The molecule has 0 saturated carbocycles. The van der Waals surface area contributed by atoms with Gasteiger partial charge in [0.1, 0.15) is 29.9 Å². The van der Waals surface area contributed by atoms with E-state index in [1.165, 1.54) is 18.7 Å². The Morgan fingerprint density at radius 2 is 1.97 bits per heavy atom. The zero-order valence-corrected chi connectivity index (χ0v) is 18.4. The van der Waals surface area contributed by atoms with E-state index >= 15 is 0 Å². The minimum Gasteiger partial charge on any atom is -0.391 e. The molecule has 9 atom stereocenters. The van der Waals surface area contributed by atoms with E-state index < -0.39 is 48.0 Å². The predicted molar refractivity (Wildman–Crippen MR) is 114 cm³/mol. The van der Waals surface area contributed by atoms with Gasteiger partial charge >= 0.3 is 0 Å². The lowest BCUT2D eigenvalue weighted by atomic mass is 9.92. The number of hydrogen-bond acceptors (Lipinski definition) is 10. The Balaban J connectivity index is 1.61. The van der Waals surface area contributed by atoms with Crippen molar-refractivity contribution in [3.05, 3.63) is 24.5 Å². The van der Waals surface area contributed by atoms with Gasteiger partial charge < -0.3 is 35.8 Å². The van der Waals surface area contributed by atoms with Crippen LogP contribution in [0.1, 0.15) is 13.3 Å². The van der Waals surface area contributed by atoms with Gasteiger partial charge in [-0.3, -0.25) is 9.78 Å². The first-order valence-electron chi connectivity index (χ1n) is 9.82. The number of nitrogens with one attached hydrogen (secondary N) is 2. The highest BCUT2D eigenvalue weighted by atomic mass is 32.2. The molecule has 0 radical (unpaired) electrons. The molecule has 2 saturated heterocycles. The van der Waals surface area contributed by atoms with E-state index in [0.29, 0.717) is 13.0 Å². The van der Waals surface area contributed by atoms with E-state index in [9.17, 15) is 25.2 Å².